The molecule has 0 radical (unpaired) electrons. The Morgan fingerprint density at radius 2 is 1.73 bits per heavy atom. The summed E-state index contributed by atoms with van der Waals surface area (Å²) in [5.74, 6) is 0.261. The molecular formula is C21H13F2N3O3S. The van der Waals surface area contributed by atoms with Gasteiger partial charge in [0.25, 0.3) is 5.56 Å². The van der Waals surface area contributed by atoms with Crippen LogP contribution in [0, 0.1) is 22.7 Å². The van der Waals surface area contributed by atoms with Gasteiger partial charge in [-0.05, 0) is 24.3 Å². The molecule has 1 heterocycles. The van der Waals surface area contributed by atoms with Crippen LogP contribution in [0.3, 0.4) is 0 Å². The molecule has 0 amide bonds. The second-order valence-corrected chi connectivity index (χ2v) is 6.77. The summed E-state index contributed by atoms with van der Waals surface area (Å²) in [4.78, 5) is 13.2. The largest absolute Gasteiger partial charge is 0.495 e. The fourth-order valence-corrected chi connectivity index (χ4v) is 3.79. The minimum atomic E-state index is -3.03. The normalized spacial score (nSPS) is 11.1. The van der Waals surface area contributed by atoms with Crippen LogP contribution >= 0.6 is 11.3 Å². The van der Waals surface area contributed by atoms with E-state index in [1.165, 1.54) is 36.0 Å². The highest BCUT2D eigenvalue weighted by Crippen LogP contribution is 2.21. The Hall–Kier alpha value is -3.95. The number of nitrogens with zero attached hydrogens (tertiary/aromatic N) is 3. The Labute approximate surface area is 173 Å². The average Bonchev–Trinajstić information content (AvgIpc) is 3.05. The Kier molecular flexibility index (Phi) is 6.26. The second kappa shape index (κ2) is 9.03. The lowest BCUT2D eigenvalue weighted by Gasteiger charge is -2.08. The van der Waals surface area contributed by atoms with Gasteiger partial charge >= 0.3 is 6.61 Å². The lowest BCUT2D eigenvalue weighted by atomic mass is 10.2. The van der Waals surface area contributed by atoms with Gasteiger partial charge in [0, 0.05) is 5.56 Å². The molecule has 0 N–H and O–H groups in total. The predicted octanol–water partition coefficient (Wildman–Crippen LogP) is 2.54. The molecule has 3 aromatic rings. The molecular weight excluding hydrogens is 412 g/mol. The van der Waals surface area contributed by atoms with Crippen molar-refractivity contribution >= 4 is 23.0 Å². The summed E-state index contributed by atoms with van der Waals surface area (Å²) >= 11 is 0.894. The molecule has 0 aliphatic heterocycles. The van der Waals surface area contributed by atoms with Gasteiger partial charge in [-0.15, -0.1) is 11.3 Å². The van der Waals surface area contributed by atoms with Crippen molar-refractivity contribution in [2.45, 2.75) is 6.61 Å². The lowest BCUT2D eigenvalue weighted by Crippen LogP contribution is -2.31. The molecule has 0 aliphatic carbocycles. The van der Waals surface area contributed by atoms with Crippen LogP contribution in [0.25, 0.3) is 17.3 Å². The van der Waals surface area contributed by atoms with E-state index in [-0.39, 0.29) is 26.1 Å². The molecule has 3 rings (SSSR count). The third kappa shape index (κ3) is 4.07. The first-order valence-corrected chi connectivity index (χ1v) is 9.27. The van der Waals surface area contributed by atoms with Crippen molar-refractivity contribution in [3.05, 3.63) is 73.6 Å². The van der Waals surface area contributed by atoms with Gasteiger partial charge in [0.05, 0.1) is 17.3 Å². The monoisotopic (exact) mass is 425 g/mol. The highest BCUT2D eigenvalue weighted by atomic mass is 32.1. The second-order valence-electron chi connectivity index (χ2n) is 5.74. The quantitative estimate of drug-likeness (QED) is 0.627. The zero-order chi connectivity index (χ0) is 21.7. The third-order valence-corrected chi connectivity index (χ3v) is 5.10. The van der Waals surface area contributed by atoms with E-state index in [0.29, 0.717) is 11.4 Å². The van der Waals surface area contributed by atoms with Crippen molar-refractivity contribution in [1.29, 1.82) is 10.5 Å². The minimum Gasteiger partial charge on any atom is -0.495 e. The number of thiazole rings is 1. The summed E-state index contributed by atoms with van der Waals surface area (Å²) in [6.07, 6.45) is 1.38. The van der Waals surface area contributed by atoms with Gasteiger partial charge in [-0.1, -0.05) is 30.3 Å². The van der Waals surface area contributed by atoms with E-state index in [1.54, 1.807) is 42.5 Å². The summed E-state index contributed by atoms with van der Waals surface area (Å²) in [5.41, 5.74) is -0.199. The predicted molar refractivity (Wildman–Crippen MR) is 107 cm³/mol. The van der Waals surface area contributed by atoms with Crippen LogP contribution in [0.5, 0.6) is 11.5 Å². The summed E-state index contributed by atoms with van der Waals surface area (Å²) in [6, 6.07) is 16.2. The number of hydrogen-bond acceptors (Lipinski definition) is 6. The van der Waals surface area contributed by atoms with E-state index >= 15 is 0 Å². The molecule has 2 aromatic carbocycles. The number of hydrogen-bond donors (Lipinski definition) is 0. The van der Waals surface area contributed by atoms with Crippen LogP contribution in [-0.2, 0) is 0 Å². The van der Waals surface area contributed by atoms with Crippen molar-refractivity contribution < 1.29 is 18.3 Å². The molecule has 0 unspecified atom stereocenters. The summed E-state index contributed by atoms with van der Waals surface area (Å²) < 4.78 is 36.6. The highest BCUT2D eigenvalue weighted by Gasteiger charge is 2.15. The fourth-order valence-electron chi connectivity index (χ4n) is 2.75. The zero-order valence-electron chi connectivity index (χ0n) is 15.5. The molecule has 0 saturated heterocycles. The van der Waals surface area contributed by atoms with Crippen molar-refractivity contribution in [1.82, 2.24) is 4.57 Å². The number of ether oxygens (including phenoxy) is 2. The molecule has 0 atom stereocenters. The molecule has 9 heteroatoms. The van der Waals surface area contributed by atoms with E-state index in [4.69, 9.17) is 4.74 Å². The molecule has 150 valence electrons. The van der Waals surface area contributed by atoms with E-state index in [0.717, 1.165) is 11.3 Å². The van der Waals surface area contributed by atoms with Gasteiger partial charge < -0.3 is 9.47 Å². The summed E-state index contributed by atoms with van der Waals surface area (Å²) in [7, 11) is 1.43. The number of nitriles is 2. The first kappa shape index (κ1) is 20.8. The van der Waals surface area contributed by atoms with Gasteiger partial charge in [-0.2, -0.15) is 19.3 Å². The van der Waals surface area contributed by atoms with Gasteiger partial charge in [0.1, 0.15) is 28.3 Å². The summed E-state index contributed by atoms with van der Waals surface area (Å²) in [5, 5.41) is 18.7. The number of methoxy groups -OCH3 is 1. The average molecular weight is 425 g/mol. The van der Waals surface area contributed by atoms with E-state index < -0.39 is 12.2 Å². The summed E-state index contributed by atoms with van der Waals surface area (Å²) in [6.45, 7) is -3.03. The number of rotatable bonds is 5. The van der Waals surface area contributed by atoms with Crippen LogP contribution in [0.4, 0.5) is 8.78 Å². The highest BCUT2D eigenvalue weighted by molar-refractivity contribution is 7.07. The van der Waals surface area contributed by atoms with Crippen LogP contribution in [0.1, 0.15) is 5.56 Å². The standard InChI is InChI=1S/C21H13F2N3O3S/c1-28-17-9-5-3-7-15(17)26-19(27)18(30-20(26)14(11-24)12-25)10-13-6-2-4-8-16(13)29-21(22)23/h2-10,21H,1H3/b18-10+. The fraction of sp³-hybridized carbons (Fsp3) is 0.0952. The molecule has 0 bridgehead atoms. The number of benzene rings is 2. The Balaban J connectivity index is 2.38. The first-order valence-electron chi connectivity index (χ1n) is 8.45. The Bertz CT molecular complexity index is 1330. The van der Waals surface area contributed by atoms with Crippen LogP contribution < -0.4 is 24.2 Å². The topological polar surface area (TPSA) is 88.0 Å². The Morgan fingerprint density at radius 1 is 1.10 bits per heavy atom. The zero-order valence-corrected chi connectivity index (χ0v) is 16.3. The number of aromatic nitrogens is 1. The third-order valence-electron chi connectivity index (χ3n) is 4.01. The maximum atomic E-state index is 13.2. The van der Waals surface area contributed by atoms with Gasteiger partial charge in [0.2, 0.25) is 0 Å². The molecule has 0 aliphatic rings. The van der Waals surface area contributed by atoms with Crippen LogP contribution in [-0.4, -0.2) is 18.3 Å². The van der Waals surface area contributed by atoms with Crippen molar-refractivity contribution in [2.24, 2.45) is 0 Å². The molecule has 0 fully saturated rings. The maximum absolute atomic E-state index is 13.2. The molecule has 6 nitrogen and oxygen atoms in total. The van der Waals surface area contributed by atoms with Gasteiger partial charge in [-0.3, -0.25) is 9.36 Å². The van der Waals surface area contributed by atoms with E-state index in [1.807, 2.05) is 0 Å². The van der Waals surface area contributed by atoms with Crippen molar-refractivity contribution in [3.63, 3.8) is 0 Å². The van der Waals surface area contributed by atoms with Crippen molar-refractivity contribution in [3.8, 4) is 29.3 Å². The number of halogens is 2. The first-order chi connectivity index (χ1) is 14.5. The minimum absolute atomic E-state index is 0.101. The Morgan fingerprint density at radius 3 is 2.37 bits per heavy atom. The van der Waals surface area contributed by atoms with Gasteiger partial charge in [0.15, 0.2) is 5.57 Å². The van der Waals surface area contributed by atoms with E-state index in [9.17, 15) is 24.1 Å². The smallest absolute Gasteiger partial charge is 0.387 e. The number of para-hydroxylation sites is 3. The number of alkyl halides is 2. The van der Waals surface area contributed by atoms with Crippen LogP contribution in [0.2, 0.25) is 0 Å². The van der Waals surface area contributed by atoms with Crippen LogP contribution in [0.15, 0.2) is 53.3 Å². The molecule has 0 saturated carbocycles. The lowest BCUT2D eigenvalue weighted by molar-refractivity contribution is -0.0499. The molecule has 30 heavy (non-hydrogen) atoms. The molecule has 1 aromatic heterocycles. The SMILES string of the molecule is COc1ccccc1-n1c(=C(C#N)C#N)s/c(=C/c2ccccc2OC(F)F)c1=O. The van der Waals surface area contributed by atoms with E-state index in [2.05, 4.69) is 4.74 Å². The van der Waals surface area contributed by atoms with Gasteiger partial charge in [-0.25, -0.2) is 0 Å². The molecule has 0 spiro atoms. The van der Waals surface area contributed by atoms with Crippen molar-refractivity contribution in [2.75, 3.05) is 7.11 Å². The maximum Gasteiger partial charge on any atom is 0.387 e.